The maximum atomic E-state index is 13.3. The fraction of sp³-hybridized carbons (Fsp3) is 0.259. The first-order chi connectivity index (χ1) is 18.6. The summed E-state index contributed by atoms with van der Waals surface area (Å²) in [4.78, 5) is 29.4. The Morgan fingerprint density at radius 2 is 1.58 bits per heavy atom. The van der Waals surface area contributed by atoms with Crippen LogP contribution in [0.15, 0.2) is 53.6 Å². The summed E-state index contributed by atoms with van der Waals surface area (Å²) in [6.45, 7) is -0.0204. The first-order valence-corrected chi connectivity index (χ1v) is 12.3. The lowest BCUT2D eigenvalue weighted by Crippen LogP contribution is -2.55. The van der Waals surface area contributed by atoms with Gasteiger partial charge in [0.05, 0.1) is 40.3 Å². The second-order valence-electron chi connectivity index (χ2n) is 9.91. The predicted molar refractivity (Wildman–Crippen MR) is 138 cm³/mol. The molecule has 5 aromatic rings. The summed E-state index contributed by atoms with van der Waals surface area (Å²) in [7, 11) is 1.49. The smallest absolute Gasteiger partial charge is 0.259 e. The minimum atomic E-state index is -1.04. The molecule has 188 valence electrons. The van der Waals surface area contributed by atoms with Crippen molar-refractivity contribution < 1.29 is 24.2 Å². The van der Waals surface area contributed by atoms with E-state index in [0.717, 1.165) is 32.8 Å². The Balaban J connectivity index is 1.61. The summed E-state index contributed by atoms with van der Waals surface area (Å²) in [5.41, 5.74) is 12.8. The maximum Gasteiger partial charge on any atom is 0.259 e. The highest BCUT2D eigenvalue weighted by Crippen LogP contribution is 2.54. The monoisotopic (exact) mass is 508 g/mol. The molecular weight excluding hydrogens is 488 g/mol. The lowest BCUT2D eigenvalue weighted by molar-refractivity contribution is -0.219. The number of para-hydroxylation sites is 2. The van der Waals surface area contributed by atoms with Crippen LogP contribution in [0.1, 0.15) is 33.0 Å². The number of imide groups is 1. The van der Waals surface area contributed by atoms with E-state index >= 15 is 0 Å². The van der Waals surface area contributed by atoms with Gasteiger partial charge in [-0.25, -0.2) is 0 Å². The SMILES string of the molecule is CO[C@H]1[C@H](O)[C@H]2[C@@H](O[C@@H]1CN=[N+]=[N-])n1c3ccccc3c3c4c(c5c6ccccc6n2c5c31)C(=O)NC4=O. The highest BCUT2D eigenvalue weighted by atomic mass is 16.6. The topological polar surface area (TPSA) is 143 Å². The van der Waals surface area contributed by atoms with Gasteiger partial charge in [0.1, 0.15) is 18.2 Å². The number of rotatable bonds is 3. The van der Waals surface area contributed by atoms with Gasteiger partial charge in [-0.05, 0) is 17.7 Å². The molecule has 11 heteroatoms. The molecule has 2 aromatic heterocycles. The van der Waals surface area contributed by atoms with Crippen molar-refractivity contribution in [3.63, 3.8) is 0 Å². The van der Waals surface area contributed by atoms with Crippen LogP contribution < -0.4 is 5.32 Å². The van der Waals surface area contributed by atoms with Crippen LogP contribution >= 0.6 is 0 Å². The molecule has 2 amide bonds. The highest BCUT2D eigenvalue weighted by molar-refractivity contribution is 6.39. The van der Waals surface area contributed by atoms with Gasteiger partial charge < -0.3 is 23.7 Å². The summed E-state index contributed by atoms with van der Waals surface area (Å²) < 4.78 is 16.4. The Morgan fingerprint density at radius 3 is 2.18 bits per heavy atom. The van der Waals surface area contributed by atoms with Crippen molar-refractivity contribution >= 4 is 55.4 Å². The Kier molecular flexibility index (Phi) is 4.18. The molecule has 0 bridgehead atoms. The molecule has 0 unspecified atom stereocenters. The van der Waals surface area contributed by atoms with Crippen LogP contribution in [0, 0.1) is 0 Å². The highest BCUT2D eigenvalue weighted by Gasteiger charge is 2.51. The van der Waals surface area contributed by atoms with Crippen LogP contribution in [-0.2, 0) is 9.47 Å². The number of ether oxygens (including phenoxy) is 2. The van der Waals surface area contributed by atoms with Gasteiger partial charge in [-0.2, -0.15) is 0 Å². The van der Waals surface area contributed by atoms with Crippen LogP contribution in [0.3, 0.4) is 0 Å². The van der Waals surface area contributed by atoms with Gasteiger partial charge in [-0.1, -0.05) is 41.5 Å². The third kappa shape index (κ3) is 2.37. The third-order valence-corrected chi connectivity index (χ3v) is 8.29. The average Bonchev–Trinajstić information content (AvgIpc) is 3.54. The predicted octanol–water partition coefficient (Wildman–Crippen LogP) is 3.92. The normalized spacial score (nSPS) is 25.8. The Bertz CT molecular complexity index is 1950. The molecule has 38 heavy (non-hydrogen) atoms. The standard InChI is InChI=1S/C27H20N6O5/c1-37-24-15(10-29-31-28)38-27-22(23(24)34)32-13-8-4-2-6-11(13)16-18-19(26(36)30-25(18)35)17-12-7-3-5-9-14(12)33(27)21(17)20(16)32/h2-9,15,22-24,27,34H,10H2,1H3,(H,30,35,36)/t15-,22+,23-,24-,27-/m1/s1. The fourth-order valence-electron chi connectivity index (χ4n) is 6.97. The number of nitrogens with zero attached hydrogens (tertiary/aromatic N) is 5. The first kappa shape index (κ1) is 21.7. The molecule has 3 aromatic carbocycles. The molecule has 0 spiro atoms. The van der Waals surface area contributed by atoms with Crippen LogP contribution in [0.4, 0.5) is 0 Å². The zero-order chi connectivity index (χ0) is 25.9. The number of amides is 2. The average molecular weight is 508 g/mol. The molecule has 3 aliphatic heterocycles. The maximum absolute atomic E-state index is 13.3. The van der Waals surface area contributed by atoms with Gasteiger partial charge in [-0.15, -0.1) is 0 Å². The summed E-state index contributed by atoms with van der Waals surface area (Å²) >= 11 is 0. The molecule has 2 N–H and O–H groups in total. The van der Waals surface area contributed by atoms with Crippen LogP contribution in [-0.4, -0.2) is 58.0 Å². The molecule has 1 saturated heterocycles. The number of aliphatic hydroxyl groups excluding tert-OH is 1. The number of benzene rings is 3. The molecule has 8 rings (SSSR count). The van der Waals surface area contributed by atoms with Crippen molar-refractivity contribution in [3.8, 4) is 0 Å². The number of methoxy groups -OCH3 is 1. The molecule has 0 aliphatic carbocycles. The van der Waals surface area contributed by atoms with E-state index in [9.17, 15) is 14.7 Å². The number of fused-ring (bicyclic) bond motifs is 12. The van der Waals surface area contributed by atoms with Gasteiger partial charge in [0.2, 0.25) is 0 Å². The molecule has 5 heterocycles. The molecule has 11 nitrogen and oxygen atoms in total. The van der Waals surface area contributed by atoms with E-state index in [1.165, 1.54) is 7.11 Å². The largest absolute Gasteiger partial charge is 0.388 e. The summed E-state index contributed by atoms with van der Waals surface area (Å²) in [5.74, 6) is -0.863. The van der Waals surface area contributed by atoms with Gasteiger partial charge in [0, 0.05) is 39.1 Å². The number of aliphatic hydroxyl groups is 1. The Hall–Kier alpha value is -4.41. The van der Waals surface area contributed by atoms with E-state index in [0.29, 0.717) is 21.9 Å². The molecule has 5 atom stereocenters. The second kappa shape index (κ2) is 7.33. The van der Waals surface area contributed by atoms with Crippen molar-refractivity contribution in [2.75, 3.05) is 13.7 Å². The van der Waals surface area contributed by atoms with Gasteiger partial charge in [0.25, 0.3) is 11.8 Å². The van der Waals surface area contributed by atoms with Crippen LogP contribution in [0.5, 0.6) is 0 Å². The van der Waals surface area contributed by atoms with Crippen molar-refractivity contribution in [3.05, 3.63) is 70.1 Å². The zero-order valence-electron chi connectivity index (χ0n) is 20.0. The van der Waals surface area contributed by atoms with Crippen molar-refractivity contribution in [2.24, 2.45) is 5.11 Å². The summed E-state index contributed by atoms with van der Waals surface area (Å²) in [5, 5.41) is 21.0. The van der Waals surface area contributed by atoms with E-state index in [2.05, 4.69) is 15.3 Å². The molecule has 3 aliphatic rings. The van der Waals surface area contributed by atoms with Gasteiger partial charge in [0.15, 0.2) is 6.23 Å². The first-order valence-electron chi connectivity index (χ1n) is 12.3. The van der Waals surface area contributed by atoms with E-state index in [4.69, 9.17) is 15.0 Å². The minimum absolute atomic E-state index is 0.0204. The Labute approximate surface area is 213 Å². The lowest BCUT2D eigenvalue weighted by atomic mass is 9.92. The fourth-order valence-corrected chi connectivity index (χ4v) is 6.97. The molecule has 1 fully saturated rings. The van der Waals surface area contributed by atoms with E-state index < -0.39 is 42.4 Å². The van der Waals surface area contributed by atoms with Crippen molar-refractivity contribution in [1.29, 1.82) is 0 Å². The number of carbonyl (C=O) groups is 2. The number of hydrogen-bond donors (Lipinski definition) is 2. The molecular formula is C27H20N6O5. The van der Waals surface area contributed by atoms with E-state index in [1.807, 2.05) is 57.7 Å². The Morgan fingerprint density at radius 1 is 1.00 bits per heavy atom. The number of hydrogen-bond acceptors (Lipinski definition) is 6. The van der Waals surface area contributed by atoms with E-state index in [1.54, 1.807) is 0 Å². The quantitative estimate of drug-likeness (QED) is 0.164. The number of aromatic nitrogens is 2. The lowest BCUT2D eigenvalue weighted by Gasteiger charge is -2.47. The van der Waals surface area contributed by atoms with Crippen molar-refractivity contribution in [1.82, 2.24) is 14.5 Å². The van der Waals surface area contributed by atoms with Gasteiger partial charge >= 0.3 is 0 Å². The van der Waals surface area contributed by atoms with E-state index in [-0.39, 0.29) is 6.54 Å². The number of carbonyl (C=O) groups excluding carboxylic acids is 2. The van der Waals surface area contributed by atoms with Crippen LogP contribution in [0.2, 0.25) is 0 Å². The van der Waals surface area contributed by atoms with Gasteiger partial charge in [-0.3, -0.25) is 14.9 Å². The molecule has 0 saturated carbocycles. The van der Waals surface area contributed by atoms with Crippen LogP contribution in [0.25, 0.3) is 54.1 Å². The van der Waals surface area contributed by atoms with Crippen molar-refractivity contribution in [2.45, 2.75) is 30.6 Å². The summed E-state index contributed by atoms with van der Waals surface area (Å²) in [6.07, 6.45) is -3.22. The molecule has 0 radical (unpaired) electrons. The number of azide groups is 1. The minimum Gasteiger partial charge on any atom is -0.388 e. The zero-order valence-corrected chi connectivity index (χ0v) is 20.0. The third-order valence-electron chi connectivity index (χ3n) is 8.29. The summed E-state index contributed by atoms with van der Waals surface area (Å²) in [6, 6.07) is 14.7. The second-order valence-corrected chi connectivity index (χ2v) is 9.91. The number of nitrogens with one attached hydrogen (secondary N) is 1.